The Morgan fingerprint density at radius 2 is 1.83 bits per heavy atom. The highest BCUT2D eigenvalue weighted by Gasteiger charge is 2.37. The molecule has 1 aliphatic rings. The van der Waals surface area contributed by atoms with Crippen molar-refractivity contribution in [2.45, 2.75) is 30.9 Å². The second-order valence-corrected chi connectivity index (χ2v) is 9.04. The minimum Gasteiger partial charge on any atom is -0.497 e. The molecule has 0 radical (unpaired) electrons. The molecule has 2 aromatic rings. The zero-order chi connectivity index (χ0) is 21.9. The number of hydrogen-bond acceptors (Lipinski definition) is 5. The van der Waals surface area contributed by atoms with E-state index in [4.69, 9.17) is 9.47 Å². The van der Waals surface area contributed by atoms with Crippen LogP contribution >= 0.6 is 0 Å². The minimum absolute atomic E-state index is 0.139. The molecule has 1 saturated heterocycles. The van der Waals surface area contributed by atoms with Crippen LogP contribution in [0.5, 0.6) is 11.5 Å². The normalized spacial score (nSPS) is 14.8. The van der Waals surface area contributed by atoms with Crippen LogP contribution < -0.4 is 20.1 Å². The quantitative estimate of drug-likeness (QED) is 0.694. The Bertz CT molecular complexity index is 1010. The molecular weight excluding hydrogens is 413 g/mol. The fourth-order valence-corrected chi connectivity index (χ4v) is 4.45. The van der Waals surface area contributed by atoms with Crippen LogP contribution in [0.1, 0.15) is 13.8 Å². The molecule has 0 aromatic heterocycles. The SMILES string of the molecule is COc1ccc(S(=O)(=O)N2CC(NC(=O)Nc3cc(F)ccc3OC(C)C)C2)cc1. The summed E-state index contributed by atoms with van der Waals surface area (Å²) in [5.74, 6) is 0.396. The summed E-state index contributed by atoms with van der Waals surface area (Å²) < 4.78 is 50.7. The number of carbonyl (C=O) groups excluding carboxylic acids is 1. The van der Waals surface area contributed by atoms with Crippen molar-refractivity contribution >= 4 is 21.7 Å². The number of hydrogen-bond donors (Lipinski definition) is 2. The van der Waals surface area contributed by atoms with E-state index < -0.39 is 21.9 Å². The Hall–Kier alpha value is -2.85. The molecule has 0 saturated carbocycles. The van der Waals surface area contributed by atoms with Crippen LogP contribution in [0, 0.1) is 5.82 Å². The Morgan fingerprint density at radius 3 is 2.43 bits per heavy atom. The predicted octanol–water partition coefficient (Wildman–Crippen LogP) is 2.82. The molecule has 8 nitrogen and oxygen atoms in total. The molecule has 30 heavy (non-hydrogen) atoms. The molecule has 0 aliphatic carbocycles. The van der Waals surface area contributed by atoms with E-state index in [1.54, 1.807) is 12.1 Å². The second-order valence-electron chi connectivity index (χ2n) is 7.10. The van der Waals surface area contributed by atoms with E-state index in [9.17, 15) is 17.6 Å². The molecule has 0 bridgehead atoms. The first-order chi connectivity index (χ1) is 14.2. The van der Waals surface area contributed by atoms with Gasteiger partial charge in [-0.15, -0.1) is 0 Å². The van der Waals surface area contributed by atoms with Crippen LogP contribution in [-0.4, -0.2) is 51.1 Å². The van der Waals surface area contributed by atoms with Crippen molar-refractivity contribution in [3.05, 3.63) is 48.3 Å². The van der Waals surface area contributed by atoms with Crippen molar-refractivity contribution in [2.24, 2.45) is 0 Å². The maximum absolute atomic E-state index is 13.6. The van der Waals surface area contributed by atoms with Crippen molar-refractivity contribution in [2.75, 3.05) is 25.5 Å². The number of benzene rings is 2. The Balaban J connectivity index is 1.57. The third-order valence-corrected chi connectivity index (χ3v) is 6.28. The van der Waals surface area contributed by atoms with Crippen molar-refractivity contribution in [3.63, 3.8) is 0 Å². The fraction of sp³-hybridized carbons (Fsp3) is 0.350. The summed E-state index contributed by atoms with van der Waals surface area (Å²) in [5.41, 5.74) is 0.197. The summed E-state index contributed by atoms with van der Waals surface area (Å²) in [6, 6.07) is 9.02. The third-order valence-electron chi connectivity index (χ3n) is 4.43. The fourth-order valence-electron chi connectivity index (χ4n) is 2.92. The summed E-state index contributed by atoms with van der Waals surface area (Å²) >= 11 is 0. The zero-order valence-electron chi connectivity index (χ0n) is 16.9. The number of carbonyl (C=O) groups is 1. The van der Waals surface area contributed by atoms with E-state index >= 15 is 0 Å². The maximum Gasteiger partial charge on any atom is 0.319 e. The van der Waals surface area contributed by atoms with Crippen molar-refractivity contribution in [3.8, 4) is 11.5 Å². The van der Waals surface area contributed by atoms with Gasteiger partial charge in [-0.3, -0.25) is 0 Å². The molecule has 1 fully saturated rings. The maximum atomic E-state index is 13.6. The van der Waals surface area contributed by atoms with Gasteiger partial charge in [0.15, 0.2) is 0 Å². The number of sulfonamides is 1. The van der Waals surface area contributed by atoms with E-state index in [0.29, 0.717) is 11.5 Å². The van der Waals surface area contributed by atoms with Gasteiger partial charge < -0.3 is 20.1 Å². The van der Waals surface area contributed by atoms with Gasteiger partial charge in [0.05, 0.1) is 29.8 Å². The first-order valence-electron chi connectivity index (χ1n) is 9.37. The molecule has 2 amide bonds. The van der Waals surface area contributed by atoms with Crippen molar-refractivity contribution < 1.29 is 27.1 Å². The lowest BCUT2D eigenvalue weighted by molar-refractivity contribution is 0.212. The summed E-state index contributed by atoms with van der Waals surface area (Å²) in [5, 5.41) is 5.24. The number of anilines is 1. The lowest BCUT2D eigenvalue weighted by atomic mass is 10.2. The predicted molar refractivity (Wildman–Crippen MR) is 110 cm³/mol. The van der Waals surface area contributed by atoms with Gasteiger partial charge in [-0.05, 0) is 50.2 Å². The number of rotatable bonds is 7. The lowest BCUT2D eigenvalue weighted by Gasteiger charge is -2.38. The molecule has 1 heterocycles. The van der Waals surface area contributed by atoms with Crippen LogP contribution in [0.25, 0.3) is 0 Å². The number of amides is 2. The van der Waals surface area contributed by atoms with Crippen LogP contribution in [0.2, 0.25) is 0 Å². The largest absolute Gasteiger partial charge is 0.497 e. The van der Waals surface area contributed by atoms with E-state index in [-0.39, 0.29) is 35.8 Å². The molecule has 162 valence electrons. The van der Waals surface area contributed by atoms with Gasteiger partial charge in [-0.1, -0.05) is 0 Å². The van der Waals surface area contributed by atoms with Crippen LogP contribution in [0.4, 0.5) is 14.9 Å². The number of nitrogens with zero attached hydrogens (tertiary/aromatic N) is 1. The van der Waals surface area contributed by atoms with Crippen molar-refractivity contribution in [1.29, 1.82) is 0 Å². The molecule has 0 unspecified atom stereocenters. The molecule has 10 heteroatoms. The van der Waals surface area contributed by atoms with Crippen molar-refractivity contribution in [1.82, 2.24) is 9.62 Å². The monoisotopic (exact) mass is 437 g/mol. The highest BCUT2D eigenvalue weighted by molar-refractivity contribution is 7.89. The van der Waals surface area contributed by atoms with Gasteiger partial charge in [-0.2, -0.15) is 4.31 Å². The van der Waals surface area contributed by atoms with Crippen LogP contribution in [0.15, 0.2) is 47.4 Å². The molecule has 3 rings (SSSR count). The smallest absolute Gasteiger partial charge is 0.319 e. The molecule has 1 aliphatic heterocycles. The highest BCUT2D eigenvalue weighted by atomic mass is 32.2. The van der Waals surface area contributed by atoms with Gasteiger partial charge in [0.2, 0.25) is 10.0 Å². The second kappa shape index (κ2) is 8.88. The third kappa shape index (κ3) is 5.00. The summed E-state index contributed by atoms with van der Waals surface area (Å²) in [6.45, 7) is 3.92. The first kappa shape index (κ1) is 21.8. The van der Waals surface area contributed by atoms with Gasteiger partial charge in [0.25, 0.3) is 0 Å². The number of methoxy groups -OCH3 is 1. The summed E-state index contributed by atoms with van der Waals surface area (Å²) in [7, 11) is -2.14. The Kier molecular flexibility index (Phi) is 6.47. The summed E-state index contributed by atoms with van der Waals surface area (Å²) in [6.07, 6.45) is -0.151. The number of nitrogens with one attached hydrogen (secondary N) is 2. The molecule has 2 aromatic carbocycles. The molecule has 0 spiro atoms. The van der Waals surface area contributed by atoms with Gasteiger partial charge in [-0.25, -0.2) is 17.6 Å². The van der Waals surface area contributed by atoms with E-state index in [0.717, 1.165) is 0 Å². The summed E-state index contributed by atoms with van der Waals surface area (Å²) in [4.78, 5) is 12.4. The topological polar surface area (TPSA) is 97.0 Å². The van der Waals surface area contributed by atoms with Gasteiger partial charge >= 0.3 is 6.03 Å². The zero-order valence-corrected chi connectivity index (χ0v) is 17.7. The Morgan fingerprint density at radius 1 is 1.17 bits per heavy atom. The van der Waals surface area contributed by atoms with Gasteiger partial charge in [0.1, 0.15) is 17.3 Å². The molecule has 2 N–H and O–H groups in total. The van der Waals surface area contributed by atoms with E-state index in [2.05, 4.69) is 10.6 Å². The van der Waals surface area contributed by atoms with Crippen LogP contribution in [0.3, 0.4) is 0 Å². The minimum atomic E-state index is -3.64. The molecule has 0 atom stereocenters. The first-order valence-corrected chi connectivity index (χ1v) is 10.8. The molecular formula is C20H24FN3O5S. The Labute approximate surface area is 175 Å². The van der Waals surface area contributed by atoms with E-state index in [1.165, 1.54) is 41.7 Å². The lowest BCUT2D eigenvalue weighted by Crippen LogP contribution is -2.61. The van der Waals surface area contributed by atoms with E-state index in [1.807, 2.05) is 13.8 Å². The van der Waals surface area contributed by atoms with Crippen LogP contribution in [-0.2, 0) is 10.0 Å². The number of urea groups is 1. The number of ether oxygens (including phenoxy) is 2. The number of halogens is 1. The average molecular weight is 437 g/mol. The van der Waals surface area contributed by atoms with Gasteiger partial charge in [0, 0.05) is 19.2 Å². The highest BCUT2D eigenvalue weighted by Crippen LogP contribution is 2.27. The average Bonchev–Trinajstić information content (AvgIpc) is 2.66. The standard InChI is InChI=1S/C20H24FN3O5S/c1-13(2)29-19-9-4-14(21)10-18(19)23-20(25)22-15-11-24(12-15)30(26,27)17-7-5-16(28-3)6-8-17/h4-10,13,15H,11-12H2,1-3H3,(H2,22,23,25).